The van der Waals surface area contributed by atoms with Gasteiger partial charge in [0, 0.05) is 26.2 Å². The normalized spacial score (nSPS) is 14.5. The number of nitrogens with zero attached hydrogens (tertiary/aromatic N) is 2. The van der Waals surface area contributed by atoms with Crippen molar-refractivity contribution in [1.82, 2.24) is 9.80 Å². The van der Waals surface area contributed by atoms with E-state index in [0.717, 1.165) is 0 Å². The Labute approximate surface area is 165 Å². The van der Waals surface area contributed by atoms with E-state index < -0.39 is 5.60 Å². The lowest BCUT2D eigenvalue weighted by Crippen LogP contribution is -2.51. The van der Waals surface area contributed by atoms with Crippen LogP contribution in [0.25, 0.3) is 0 Å². The summed E-state index contributed by atoms with van der Waals surface area (Å²) >= 11 is 0. The number of piperazine rings is 1. The van der Waals surface area contributed by atoms with Crippen LogP contribution in [0.3, 0.4) is 0 Å². The van der Waals surface area contributed by atoms with E-state index in [0.29, 0.717) is 43.2 Å². The predicted octanol–water partition coefficient (Wildman–Crippen LogP) is 4.17. The molecule has 3 rings (SSSR count). The molecule has 1 aliphatic heterocycles. The monoisotopic (exact) mass is 382 g/mol. The number of hydrogen-bond acceptors (Lipinski definition) is 4. The first-order valence-corrected chi connectivity index (χ1v) is 9.42. The van der Waals surface area contributed by atoms with Crippen LogP contribution in [0.5, 0.6) is 11.5 Å². The Balaban J connectivity index is 1.65. The summed E-state index contributed by atoms with van der Waals surface area (Å²) in [5, 5.41) is 0. The van der Waals surface area contributed by atoms with Crippen LogP contribution in [0, 0.1) is 0 Å². The fraction of sp³-hybridized carbons (Fsp3) is 0.364. The van der Waals surface area contributed by atoms with Crippen molar-refractivity contribution < 1.29 is 19.1 Å². The SMILES string of the molecule is CC(C)(C)OC(=O)N1CCN(C(=O)c2ccccc2Oc2ccccc2)CC1. The Bertz CT molecular complexity index is 822. The average Bonchev–Trinajstić information content (AvgIpc) is 2.67. The van der Waals surface area contributed by atoms with E-state index in [2.05, 4.69) is 0 Å². The molecule has 0 aliphatic carbocycles. The molecule has 0 radical (unpaired) electrons. The van der Waals surface area contributed by atoms with E-state index in [4.69, 9.17) is 9.47 Å². The quantitative estimate of drug-likeness (QED) is 0.799. The molecule has 0 N–H and O–H groups in total. The van der Waals surface area contributed by atoms with Gasteiger partial charge in [0.2, 0.25) is 0 Å². The van der Waals surface area contributed by atoms with Crippen molar-refractivity contribution in [1.29, 1.82) is 0 Å². The van der Waals surface area contributed by atoms with Crippen molar-refractivity contribution in [2.45, 2.75) is 26.4 Å². The number of ether oxygens (including phenoxy) is 2. The van der Waals surface area contributed by atoms with E-state index in [9.17, 15) is 9.59 Å². The Hall–Kier alpha value is -3.02. The molecule has 1 fully saturated rings. The zero-order chi connectivity index (χ0) is 20.1. The standard InChI is InChI=1S/C22H26N2O4/c1-22(2,3)28-21(26)24-15-13-23(14-16-24)20(25)18-11-7-8-12-19(18)27-17-9-5-4-6-10-17/h4-12H,13-16H2,1-3H3. The van der Waals surface area contributed by atoms with Gasteiger partial charge in [-0.3, -0.25) is 4.79 Å². The van der Waals surface area contributed by atoms with Crippen LogP contribution in [-0.2, 0) is 4.74 Å². The highest BCUT2D eigenvalue weighted by Gasteiger charge is 2.29. The van der Waals surface area contributed by atoms with Crippen LogP contribution in [0.1, 0.15) is 31.1 Å². The van der Waals surface area contributed by atoms with Gasteiger partial charge in [0.25, 0.3) is 5.91 Å². The van der Waals surface area contributed by atoms with E-state index in [1.165, 1.54) is 0 Å². The highest BCUT2D eigenvalue weighted by atomic mass is 16.6. The second kappa shape index (κ2) is 8.33. The summed E-state index contributed by atoms with van der Waals surface area (Å²) in [5.41, 5.74) is -0.0188. The molecule has 2 aromatic carbocycles. The van der Waals surface area contributed by atoms with Gasteiger partial charge in [-0.1, -0.05) is 30.3 Å². The molecule has 0 saturated carbocycles. The first kappa shape index (κ1) is 19.7. The Morgan fingerprint density at radius 1 is 0.821 bits per heavy atom. The zero-order valence-electron chi connectivity index (χ0n) is 16.6. The minimum absolute atomic E-state index is 0.102. The fourth-order valence-electron chi connectivity index (χ4n) is 2.94. The Morgan fingerprint density at radius 2 is 1.39 bits per heavy atom. The first-order valence-electron chi connectivity index (χ1n) is 9.42. The molecule has 148 valence electrons. The molecule has 0 unspecified atom stereocenters. The third-order valence-corrected chi connectivity index (χ3v) is 4.31. The summed E-state index contributed by atoms with van der Waals surface area (Å²) in [7, 11) is 0. The summed E-state index contributed by atoms with van der Waals surface area (Å²) in [6, 6.07) is 16.6. The van der Waals surface area contributed by atoms with Crippen LogP contribution in [0.15, 0.2) is 54.6 Å². The molecule has 28 heavy (non-hydrogen) atoms. The summed E-state index contributed by atoms with van der Waals surface area (Å²) in [4.78, 5) is 28.6. The molecule has 1 aliphatic rings. The third kappa shape index (κ3) is 5.03. The van der Waals surface area contributed by atoms with E-state index in [1.54, 1.807) is 21.9 Å². The fourth-order valence-corrected chi connectivity index (χ4v) is 2.94. The molecule has 2 amide bonds. The molecular weight excluding hydrogens is 356 g/mol. The van der Waals surface area contributed by atoms with Crippen molar-refractivity contribution in [3.05, 3.63) is 60.2 Å². The number of para-hydroxylation sites is 2. The maximum absolute atomic E-state index is 13.0. The van der Waals surface area contributed by atoms with Gasteiger partial charge in [0.15, 0.2) is 0 Å². The summed E-state index contributed by atoms with van der Waals surface area (Å²) < 4.78 is 11.3. The number of carbonyl (C=O) groups is 2. The van der Waals surface area contributed by atoms with Crippen molar-refractivity contribution in [2.75, 3.05) is 26.2 Å². The van der Waals surface area contributed by atoms with Crippen LogP contribution >= 0.6 is 0 Å². The number of carbonyl (C=O) groups excluding carboxylic acids is 2. The Kier molecular flexibility index (Phi) is 5.87. The topological polar surface area (TPSA) is 59.1 Å². The molecule has 6 heteroatoms. The second-order valence-electron chi connectivity index (χ2n) is 7.67. The van der Waals surface area contributed by atoms with Gasteiger partial charge in [0.1, 0.15) is 17.1 Å². The van der Waals surface area contributed by atoms with Gasteiger partial charge >= 0.3 is 6.09 Å². The average molecular weight is 382 g/mol. The van der Waals surface area contributed by atoms with E-state index in [1.807, 2.05) is 63.2 Å². The molecule has 0 bridgehead atoms. The van der Waals surface area contributed by atoms with Gasteiger partial charge in [-0.25, -0.2) is 4.79 Å². The van der Waals surface area contributed by atoms with Crippen LogP contribution in [0.2, 0.25) is 0 Å². The van der Waals surface area contributed by atoms with Crippen LogP contribution in [-0.4, -0.2) is 53.6 Å². The number of rotatable bonds is 3. The minimum Gasteiger partial charge on any atom is -0.457 e. The lowest BCUT2D eigenvalue weighted by Gasteiger charge is -2.35. The summed E-state index contributed by atoms with van der Waals surface area (Å²) in [6.45, 7) is 7.33. The van der Waals surface area contributed by atoms with Crippen LogP contribution < -0.4 is 4.74 Å². The molecule has 0 atom stereocenters. The molecule has 0 aromatic heterocycles. The first-order chi connectivity index (χ1) is 13.3. The molecule has 2 aromatic rings. The van der Waals surface area contributed by atoms with Gasteiger partial charge in [0.05, 0.1) is 5.56 Å². The van der Waals surface area contributed by atoms with Crippen molar-refractivity contribution in [3.8, 4) is 11.5 Å². The van der Waals surface area contributed by atoms with Gasteiger partial charge in [-0.2, -0.15) is 0 Å². The zero-order valence-corrected chi connectivity index (χ0v) is 16.6. The minimum atomic E-state index is -0.530. The maximum atomic E-state index is 13.0. The number of hydrogen-bond donors (Lipinski definition) is 0. The highest BCUT2D eigenvalue weighted by molar-refractivity contribution is 5.97. The largest absolute Gasteiger partial charge is 0.457 e. The number of amides is 2. The lowest BCUT2D eigenvalue weighted by molar-refractivity contribution is 0.0140. The molecule has 1 heterocycles. The smallest absolute Gasteiger partial charge is 0.410 e. The highest BCUT2D eigenvalue weighted by Crippen LogP contribution is 2.26. The molecular formula is C22H26N2O4. The van der Waals surface area contributed by atoms with Gasteiger partial charge in [-0.05, 0) is 45.0 Å². The lowest BCUT2D eigenvalue weighted by atomic mass is 10.1. The van der Waals surface area contributed by atoms with Crippen molar-refractivity contribution >= 4 is 12.0 Å². The maximum Gasteiger partial charge on any atom is 0.410 e. The summed E-state index contributed by atoms with van der Waals surface area (Å²) in [6.07, 6.45) is -0.340. The van der Waals surface area contributed by atoms with Crippen molar-refractivity contribution in [3.63, 3.8) is 0 Å². The van der Waals surface area contributed by atoms with Gasteiger partial charge in [-0.15, -0.1) is 0 Å². The third-order valence-electron chi connectivity index (χ3n) is 4.31. The molecule has 1 saturated heterocycles. The van der Waals surface area contributed by atoms with E-state index >= 15 is 0 Å². The second-order valence-corrected chi connectivity index (χ2v) is 7.67. The number of benzene rings is 2. The van der Waals surface area contributed by atoms with Gasteiger partial charge < -0.3 is 19.3 Å². The van der Waals surface area contributed by atoms with Crippen LogP contribution in [0.4, 0.5) is 4.79 Å². The van der Waals surface area contributed by atoms with Crippen molar-refractivity contribution in [2.24, 2.45) is 0 Å². The molecule has 0 spiro atoms. The summed E-state index contributed by atoms with van der Waals surface area (Å²) in [5.74, 6) is 1.10. The predicted molar refractivity (Wildman–Crippen MR) is 107 cm³/mol. The molecule has 6 nitrogen and oxygen atoms in total. The van der Waals surface area contributed by atoms with E-state index in [-0.39, 0.29) is 12.0 Å². The Morgan fingerprint density at radius 3 is 2.04 bits per heavy atom.